The molecule has 136 valence electrons. The molecule has 1 aromatic heterocycles. The first kappa shape index (κ1) is 18.9. The van der Waals surface area contributed by atoms with Crippen LogP contribution >= 0.6 is 0 Å². The molecule has 8 heteroatoms. The van der Waals surface area contributed by atoms with Crippen LogP contribution in [0, 0.1) is 0 Å². The molecule has 0 atom stereocenters. The zero-order chi connectivity index (χ0) is 18.2. The minimum atomic E-state index is -1.73. The average molecular weight is 355 g/mol. The van der Waals surface area contributed by atoms with Crippen LogP contribution in [0.5, 0.6) is 0 Å². The summed E-state index contributed by atoms with van der Waals surface area (Å²) < 4.78 is 11.8. The van der Waals surface area contributed by atoms with Crippen molar-refractivity contribution in [1.82, 2.24) is 20.7 Å². The van der Waals surface area contributed by atoms with Crippen LogP contribution in [0.2, 0.25) is 18.6 Å². The van der Waals surface area contributed by atoms with Crippen LogP contribution in [0.15, 0.2) is 6.20 Å². The highest BCUT2D eigenvalue weighted by Crippen LogP contribution is 2.44. The summed E-state index contributed by atoms with van der Waals surface area (Å²) in [6.45, 7) is 14.4. The highest BCUT2D eigenvalue weighted by atomic mass is 28.4. The number of aromatic nitrogens is 3. The van der Waals surface area contributed by atoms with Gasteiger partial charge in [0, 0.05) is 12.8 Å². The van der Waals surface area contributed by atoms with Gasteiger partial charge in [-0.05, 0) is 39.4 Å². The minimum absolute atomic E-state index is 0.126. The van der Waals surface area contributed by atoms with E-state index in [1.807, 2.05) is 20.8 Å². The lowest BCUT2D eigenvalue weighted by atomic mass is 9.72. The van der Waals surface area contributed by atoms with Gasteiger partial charge in [-0.2, -0.15) is 15.4 Å². The largest absolute Gasteiger partial charge is 0.444 e. The molecule has 1 saturated carbocycles. The van der Waals surface area contributed by atoms with Crippen molar-refractivity contribution in [3.05, 3.63) is 11.9 Å². The number of nitrogens with one attached hydrogen (secondary N) is 2. The fourth-order valence-electron chi connectivity index (χ4n) is 2.67. The van der Waals surface area contributed by atoms with Gasteiger partial charge in [-0.1, -0.05) is 13.8 Å². The molecular weight excluding hydrogens is 324 g/mol. The lowest BCUT2D eigenvalue weighted by Crippen LogP contribution is -2.60. The Morgan fingerprint density at radius 3 is 2.50 bits per heavy atom. The van der Waals surface area contributed by atoms with Crippen molar-refractivity contribution in [2.45, 2.75) is 83.3 Å². The van der Waals surface area contributed by atoms with E-state index in [9.17, 15) is 4.79 Å². The van der Waals surface area contributed by atoms with Crippen LogP contribution in [0.25, 0.3) is 0 Å². The maximum atomic E-state index is 12.2. The van der Waals surface area contributed by atoms with Crippen LogP contribution in [0.3, 0.4) is 0 Å². The van der Waals surface area contributed by atoms with Gasteiger partial charge in [-0.15, -0.1) is 0 Å². The number of rotatable bonds is 5. The van der Waals surface area contributed by atoms with Crippen molar-refractivity contribution in [3.8, 4) is 0 Å². The molecule has 1 aromatic rings. The fraction of sp³-hybridized carbons (Fsp3) is 0.812. The van der Waals surface area contributed by atoms with E-state index in [0.29, 0.717) is 18.4 Å². The Morgan fingerprint density at radius 1 is 1.42 bits per heavy atom. The van der Waals surface area contributed by atoms with E-state index in [4.69, 9.17) is 9.16 Å². The summed E-state index contributed by atoms with van der Waals surface area (Å²) in [6.07, 6.45) is 2.70. The number of carbonyl (C=O) groups is 1. The van der Waals surface area contributed by atoms with Gasteiger partial charge in [-0.3, -0.25) is 0 Å². The Morgan fingerprint density at radius 2 is 2.04 bits per heavy atom. The van der Waals surface area contributed by atoms with Gasteiger partial charge in [0.05, 0.1) is 17.8 Å². The van der Waals surface area contributed by atoms with Crippen LogP contribution in [-0.2, 0) is 14.7 Å². The van der Waals surface area contributed by atoms with Crippen LogP contribution in [0.4, 0.5) is 4.79 Å². The maximum absolute atomic E-state index is 12.2. The zero-order valence-corrected chi connectivity index (χ0v) is 16.8. The maximum Gasteiger partial charge on any atom is 0.408 e. The number of carbonyl (C=O) groups excluding carboxylic acids is 1. The zero-order valence-electron chi connectivity index (χ0n) is 15.8. The smallest absolute Gasteiger partial charge is 0.408 e. The Kier molecular flexibility index (Phi) is 5.10. The standard InChI is InChI=1S/C16H30N4O3Si/c1-11(2)24(6,7)23-12-8-16(9-12,13-10-17-20-19-13)18-14(21)22-15(3,4)5/h10-12H,8-9H2,1-7H3,(H,18,21)(H,17,19,20). The lowest BCUT2D eigenvalue weighted by molar-refractivity contribution is -0.00669. The number of amides is 1. The first-order chi connectivity index (χ1) is 10.9. The van der Waals surface area contributed by atoms with Crippen molar-refractivity contribution in [2.75, 3.05) is 0 Å². The minimum Gasteiger partial charge on any atom is -0.444 e. The molecule has 1 aliphatic carbocycles. The molecule has 0 unspecified atom stereocenters. The Bertz CT molecular complexity index is 560. The van der Waals surface area contributed by atoms with Gasteiger partial charge in [0.2, 0.25) is 0 Å². The molecular formula is C16H30N4O3Si. The third kappa shape index (κ3) is 4.35. The molecule has 1 fully saturated rings. The molecule has 7 nitrogen and oxygen atoms in total. The van der Waals surface area contributed by atoms with Crippen LogP contribution < -0.4 is 5.32 Å². The normalized spacial score (nSPS) is 24.6. The first-order valence-electron chi connectivity index (χ1n) is 8.49. The van der Waals surface area contributed by atoms with Crippen molar-refractivity contribution in [3.63, 3.8) is 0 Å². The molecule has 1 aliphatic rings. The predicted molar refractivity (Wildman–Crippen MR) is 94.1 cm³/mol. The number of H-pyrrole nitrogens is 1. The van der Waals surface area contributed by atoms with Crippen LogP contribution in [0.1, 0.15) is 53.2 Å². The Hall–Kier alpha value is -1.41. The van der Waals surface area contributed by atoms with Gasteiger partial charge in [0.25, 0.3) is 0 Å². The fourth-order valence-corrected chi connectivity index (χ4v) is 3.97. The number of aromatic amines is 1. The second-order valence-corrected chi connectivity index (χ2v) is 13.1. The molecule has 1 heterocycles. The van der Waals surface area contributed by atoms with Gasteiger partial charge in [0.1, 0.15) is 11.3 Å². The van der Waals surface area contributed by atoms with E-state index in [1.165, 1.54) is 0 Å². The molecule has 0 saturated heterocycles. The topological polar surface area (TPSA) is 89.1 Å². The summed E-state index contributed by atoms with van der Waals surface area (Å²) in [7, 11) is -1.73. The summed E-state index contributed by atoms with van der Waals surface area (Å²) in [4.78, 5) is 12.2. The number of nitrogens with zero attached hydrogens (tertiary/aromatic N) is 2. The monoisotopic (exact) mass is 354 g/mol. The molecule has 0 bridgehead atoms. The van der Waals surface area contributed by atoms with E-state index in [1.54, 1.807) is 6.20 Å². The van der Waals surface area contributed by atoms with Gasteiger partial charge in [-0.25, -0.2) is 4.79 Å². The molecule has 2 N–H and O–H groups in total. The molecule has 0 aromatic carbocycles. The third-order valence-corrected chi connectivity index (χ3v) is 8.38. The van der Waals surface area contributed by atoms with E-state index < -0.39 is 25.6 Å². The molecule has 0 aliphatic heterocycles. The third-order valence-electron chi connectivity index (χ3n) is 4.66. The van der Waals surface area contributed by atoms with E-state index in [-0.39, 0.29) is 6.10 Å². The summed E-state index contributed by atoms with van der Waals surface area (Å²) in [5, 5.41) is 13.7. The second-order valence-electron chi connectivity index (χ2n) is 8.47. The van der Waals surface area contributed by atoms with E-state index >= 15 is 0 Å². The first-order valence-corrected chi connectivity index (χ1v) is 11.5. The second kappa shape index (κ2) is 6.48. The van der Waals surface area contributed by atoms with E-state index in [0.717, 1.165) is 5.69 Å². The quantitative estimate of drug-likeness (QED) is 0.792. The van der Waals surface area contributed by atoms with Gasteiger partial charge < -0.3 is 14.5 Å². The summed E-state index contributed by atoms with van der Waals surface area (Å²) >= 11 is 0. The summed E-state index contributed by atoms with van der Waals surface area (Å²) in [5.41, 5.74) is 0.151. The molecule has 0 spiro atoms. The van der Waals surface area contributed by atoms with Crippen molar-refractivity contribution < 1.29 is 14.0 Å². The SMILES string of the molecule is CC(C)[Si](C)(C)OC1CC(NC(=O)OC(C)(C)C)(c2cn[nH]n2)C1. The van der Waals surface area contributed by atoms with Gasteiger partial charge >= 0.3 is 6.09 Å². The van der Waals surface area contributed by atoms with Crippen molar-refractivity contribution in [2.24, 2.45) is 0 Å². The number of ether oxygens (including phenoxy) is 1. The molecule has 24 heavy (non-hydrogen) atoms. The number of alkyl carbamates (subject to hydrolysis) is 1. The number of hydrogen-bond acceptors (Lipinski definition) is 5. The van der Waals surface area contributed by atoms with Crippen molar-refractivity contribution >= 4 is 14.4 Å². The molecule has 2 rings (SSSR count). The van der Waals surface area contributed by atoms with E-state index in [2.05, 4.69) is 47.7 Å². The number of hydrogen-bond donors (Lipinski definition) is 2. The lowest BCUT2D eigenvalue weighted by Gasteiger charge is -2.49. The van der Waals surface area contributed by atoms with Crippen LogP contribution in [-0.4, -0.2) is 41.5 Å². The average Bonchev–Trinajstić information content (AvgIpc) is 2.86. The van der Waals surface area contributed by atoms with Gasteiger partial charge in [0.15, 0.2) is 8.32 Å². The summed E-state index contributed by atoms with van der Waals surface area (Å²) in [6, 6.07) is 0. The Balaban J connectivity index is 2.06. The summed E-state index contributed by atoms with van der Waals surface area (Å²) in [5.74, 6) is 0. The highest BCUT2D eigenvalue weighted by molar-refractivity contribution is 6.72. The predicted octanol–water partition coefficient (Wildman–Crippen LogP) is 3.32. The Labute approximate surface area is 145 Å². The molecule has 1 amide bonds. The van der Waals surface area contributed by atoms with Crippen molar-refractivity contribution in [1.29, 1.82) is 0 Å². The molecule has 0 radical (unpaired) electrons. The highest BCUT2D eigenvalue weighted by Gasteiger charge is 2.51.